The Kier molecular flexibility index (Phi) is 15.2. The molecule has 2 N–H and O–H groups in total. The minimum absolute atomic E-state index is 0.0234. The number of rotatable bonds is 12. The lowest BCUT2D eigenvalue weighted by Crippen LogP contribution is -2.69. The summed E-state index contributed by atoms with van der Waals surface area (Å²) in [6.07, 6.45) is 11.3. The third-order valence-electron chi connectivity index (χ3n) is 18.3. The van der Waals surface area contributed by atoms with Gasteiger partial charge in [0.15, 0.2) is 0 Å². The molecule has 7 fully saturated rings. The van der Waals surface area contributed by atoms with Crippen molar-refractivity contribution in [1.82, 2.24) is 40.1 Å². The summed E-state index contributed by atoms with van der Waals surface area (Å²) in [4.78, 5) is 59.7. The van der Waals surface area contributed by atoms with Crippen LogP contribution in [-0.4, -0.2) is 162 Å². The number of cyclic esters (lactones) is 1. The summed E-state index contributed by atoms with van der Waals surface area (Å²) in [7, 11) is 1.75. The fraction of sp³-hybridized carbons (Fsp3) is 0.678. The number of hydrazine groups is 1. The predicted octanol–water partition coefficient (Wildman–Crippen LogP) is 7.51. The average molecular weight is 1080 g/mol. The van der Waals surface area contributed by atoms with Crippen LogP contribution in [0.25, 0.3) is 33.4 Å². The number of carbonyl (C=O) groups excluding carboxylic acids is 3. The first-order valence-electron chi connectivity index (χ1n) is 28.9. The summed E-state index contributed by atoms with van der Waals surface area (Å²) in [5.41, 5.74) is 10.6. The Labute approximate surface area is 457 Å². The fourth-order valence-corrected chi connectivity index (χ4v) is 14.4. The van der Waals surface area contributed by atoms with Crippen molar-refractivity contribution < 1.29 is 42.8 Å². The Morgan fingerprint density at radius 1 is 0.987 bits per heavy atom. The summed E-state index contributed by atoms with van der Waals surface area (Å²) >= 11 is 1.50. The van der Waals surface area contributed by atoms with Crippen LogP contribution in [0.15, 0.2) is 35.8 Å². The van der Waals surface area contributed by atoms with E-state index in [1.54, 1.807) is 7.11 Å². The van der Waals surface area contributed by atoms with Gasteiger partial charge < -0.3 is 43.2 Å². The number of pyridine rings is 1. The monoisotopic (exact) mass is 1080 g/mol. The van der Waals surface area contributed by atoms with Crippen LogP contribution in [0.4, 0.5) is 0 Å². The van der Waals surface area contributed by atoms with E-state index in [4.69, 9.17) is 38.4 Å². The van der Waals surface area contributed by atoms with Crippen molar-refractivity contribution in [2.45, 2.75) is 172 Å². The van der Waals surface area contributed by atoms with Crippen LogP contribution in [-0.2, 0) is 55.8 Å². The number of esters is 1. The zero-order valence-electron chi connectivity index (χ0n) is 46.1. The molecule has 1 saturated carbocycles. The number of benzene rings is 1. The van der Waals surface area contributed by atoms with Gasteiger partial charge in [0.25, 0.3) is 5.91 Å². The second-order valence-electron chi connectivity index (χ2n) is 24.4. The quantitative estimate of drug-likeness (QED) is 0.134. The van der Waals surface area contributed by atoms with Crippen LogP contribution < -0.4 is 10.7 Å². The maximum absolute atomic E-state index is 15.3. The van der Waals surface area contributed by atoms with Crippen LogP contribution in [0.1, 0.15) is 139 Å². The van der Waals surface area contributed by atoms with Gasteiger partial charge in [0.05, 0.1) is 60.3 Å². The van der Waals surface area contributed by atoms with E-state index in [2.05, 4.69) is 81.7 Å². The second kappa shape index (κ2) is 21.9. The Morgan fingerprint density at radius 2 is 1.79 bits per heavy atom. The number of hydrogen-bond acceptors (Lipinski definition) is 15. The van der Waals surface area contributed by atoms with E-state index in [0.29, 0.717) is 82.8 Å². The van der Waals surface area contributed by atoms with E-state index in [0.717, 1.165) is 102 Å². The molecule has 1 spiro atoms. The molecular formula is C59H80N8O9S. The molecule has 6 saturated heterocycles. The molecule has 1 aromatic carbocycles. The van der Waals surface area contributed by atoms with Gasteiger partial charge in [-0.05, 0) is 133 Å². The molecular weight excluding hydrogens is 997 g/mol. The molecule has 416 valence electrons. The van der Waals surface area contributed by atoms with Crippen molar-refractivity contribution in [2.75, 3.05) is 72.9 Å². The van der Waals surface area contributed by atoms with E-state index < -0.39 is 35.6 Å². The number of hydrogen-bond donors (Lipinski definition) is 2. The van der Waals surface area contributed by atoms with Crippen molar-refractivity contribution in [3.05, 3.63) is 57.7 Å². The van der Waals surface area contributed by atoms with Crippen LogP contribution in [0.2, 0.25) is 0 Å². The fourth-order valence-electron chi connectivity index (χ4n) is 13.4. The number of methoxy groups -OCH3 is 1. The minimum atomic E-state index is -1.06. The summed E-state index contributed by atoms with van der Waals surface area (Å²) in [6, 6.07) is 7.37. The van der Waals surface area contributed by atoms with Gasteiger partial charge in [0.1, 0.15) is 23.2 Å². The van der Waals surface area contributed by atoms with Gasteiger partial charge in [0.2, 0.25) is 5.91 Å². The number of piperidine rings is 1. The molecule has 0 radical (unpaired) electrons. The largest absolute Gasteiger partial charge is 0.464 e. The predicted molar refractivity (Wildman–Crippen MR) is 292 cm³/mol. The standard InChI is InChI=1S/C59H80N8O9S/c1-35-36(2)76-53(35)54(68)62-50-52(65-32-59(33-65)18-8-23-75-59)55-61-47(31-77-55)39-10-13-48-43(27-39)45(29-58(4,5)34-74-57(70)46-9-7-19-67(63-46)56(50)69)51(66(48)22-26-73-42-16-24-72-25-17-42)44-28-40(30-60-49(44)37(3)71-6)38-14-20-64(21-15-38)41-11-12-41/h10,13,27-28,30-31,35-38,41-42,46,50,52-53,63H,7-9,11-12,14-26,29,32-34H2,1-6H3,(H,62,68)/t35-,36+,37-,46-,50-,52-,53-/m0/s1. The lowest BCUT2D eigenvalue weighted by molar-refractivity contribution is -0.185. The highest BCUT2D eigenvalue weighted by Crippen LogP contribution is 2.46. The first kappa shape index (κ1) is 53.3. The van der Waals surface area contributed by atoms with Crippen LogP contribution in [0.5, 0.6) is 0 Å². The number of aromatic nitrogens is 3. The molecule has 1 aliphatic carbocycles. The van der Waals surface area contributed by atoms with Gasteiger partial charge in [-0.2, -0.15) is 0 Å². The topological polar surface area (TPSA) is 171 Å². The van der Waals surface area contributed by atoms with E-state index in [1.807, 2.05) is 13.8 Å². The molecule has 4 aromatic rings. The normalized spacial score (nSPS) is 29.0. The average Bonchev–Trinajstić information content (AvgIpc) is 3.97. The molecule has 7 atom stereocenters. The third kappa shape index (κ3) is 10.8. The molecule has 6 bridgehead atoms. The molecule has 77 heavy (non-hydrogen) atoms. The van der Waals surface area contributed by atoms with Gasteiger partial charge in [-0.3, -0.25) is 29.3 Å². The van der Waals surface area contributed by atoms with Crippen molar-refractivity contribution in [3.8, 4) is 22.5 Å². The molecule has 12 rings (SSSR count). The number of likely N-dealkylation sites (tertiary alicyclic amines) is 2. The Balaban J connectivity index is 1.00. The highest BCUT2D eigenvalue weighted by Gasteiger charge is 2.54. The Bertz CT molecular complexity index is 2800. The molecule has 18 heteroatoms. The first-order valence-corrected chi connectivity index (χ1v) is 29.8. The number of carbonyl (C=O) groups is 3. The van der Waals surface area contributed by atoms with Crippen molar-refractivity contribution >= 4 is 40.0 Å². The van der Waals surface area contributed by atoms with Crippen LogP contribution >= 0.6 is 11.3 Å². The molecule has 17 nitrogen and oxygen atoms in total. The SMILES string of the molecule is CO[C@@H](C)c1ncc(C2CCN(C3CC3)CC2)cc1-c1c2c3cc(ccc3n1CCOC1CCOCC1)-c1csc(n1)[C@@H](N1CC3(CCCO3)C1)[C@H](NC(=O)[C@H]1O[C@H](C)[C@@H]1C)C(=O)N1CCC[C@H](N1)C(=O)OCC(C)(C)C2. The number of amides is 2. The third-order valence-corrected chi connectivity index (χ3v) is 19.3. The molecule has 7 aliphatic heterocycles. The van der Waals surface area contributed by atoms with Crippen LogP contribution in [0.3, 0.4) is 0 Å². The van der Waals surface area contributed by atoms with Gasteiger partial charge in [-0.1, -0.05) is 26.8 Å². The lowest BCUT2D eigenvalue weighted by Gasteiger charge is -2.52. The summed E-state index contributed by atoms with van der Waals surface area (Å²) in [6.45, 7) is 17.5. The van der Waals surface area contributed by atoms with E-state index in [1.165, 1.54) is 34.8 Å². The lowest BCUT2D eigenvalue weighted by atomic mass is 9.83. The molecule has 3 aromatic heterocycles. The number of thiazole rings is 1. The van der Waals surface area contributed by atoms with Gasteiger partial charge in [-0.15, -0.1) is 11.3 Å². The van der Waals surface area contributed by atoms with E-state index in [-0.39, 0.29) is 48.3 Å². The number of nitrogens with one attached hydrogen (secondary N) is 2. The first-order chi connectivity index (χ1) is 37.2. The van der Waals surface area contributed by atoms with Gasteiger partial charge in [-0.25, -0.2) is 10.4 Å². The molecule has 8 aliphatic rings. The van der Waals surface area contributed by atoms with Crippen molar-refractivity contribution in [2.24, 2.45) is 11.3 Å². The summed E-state index contributed by atoms with van der Waals surface area (Å²) in [5, 5.41) is 8.62. The molecule has 0 unspecified atom stereocenters. The Morgan fingerprint density at radius 3 is 2.52 bits per heavy atom. The van der Waals surface area contributed by atoms with Crippen molar-refractivity contribution in [1.29, 1.82) is 0 Å². The molecule has 2 amide bonds. The van der Waals surface area contributed by atoms with E-state index in [9.17, 15) is 9.59 Å². The van der Waals surface area contributed by atoms with Crippen molar-refractivity contribution in [3.63, 3.8) is 0 Å². The Hall–Kier alpha value is -4.37. The summed E-state index contributed by atoms with van der Waals surface area (Å²) in [5.74, 6) is -0.720. The van der Waals surface area contributed by atoms with Gasteiger partial charge in [0, 0.05) is 104 Å². The minimum Gasteiger partial charge on any atom is -0.464 e. The second-order valence-corrected chi connectivity index (χ2v) is 25.3. The number of fused-ring (bicyclic) bond motifs is 6. The van der Waals surface area contributed by atoms with Crippen LogP contribution in [0, 0.1) is 11.3 Å². The molecule has 10 heterocycles. The maximum Gasteiger partial charge on any atom is 0.324 e. The zero-order chi connectivity index (χ0) is 53.2. The number of ether oxygens (including phenoxy) is 6. The maximum atomic E-state index is 15.3. The highest BCUT2D eigenvalue weighted by molar-refractivity contribution is 7.10. The summed E-state index contributed by atoms with van der Waals surface area (Å²) < 4.78 is 39.7. The van der Waals surface area contributed by atoms with Gasteiger partial charge >= 0.3 is 5.97 Å². The van der Waals surface area contributed by atoms with E-state index >= 15 is 4.79 Å². The number of nitrogens with zero attached hydrogens (tertiary/aromatic N) is 6. The zero-order valence-corrected chi connectivity index (χ0v) is 46.9. The smallest absolute Gasteiger partial charge is 0.324 e. The highest BCUT2D eigenvalue weighted by atomic mass is 32.1.